The van der Waals surface area contributed by atoms with Gasteiger partial charge in [-0.3, -0.25) is 9.59 Å². The molecule has 0 saturated heterocycles. The van der Waals surface area contributed by atoms with Crippen molar-refractivity contribution in [1.29, 1.82) is 0 Å². The molecule has 0 heterocycles. The van der Waals surface area contributed by atoms with Crippen LogP contribution in [0.3, 0.4) is 0 Å². The summed E-state index contributed by atoms with van der Waals surface area (Å²) >= 11 is 0. The number of nitrogens with zero attached hydrogens (tertiary/aromatic N) is 2. The molecule has 6 heteroatoms. The number of hydrogen-bond donors (Lipinski definition) is 0. The Labute approximate surface area is 289 Å². The fourth-order valence-corrected chi connectivity index (χ4v) is 14.0. The van der Waals surface area contributed by atoms with Crippen LogP contribution in [0.15, 0.2) is 33.5 Å². The van der Waals surface area contributed by atoms with E-state index in [1.54, 1.807) is 25.0 Å². The highest BCUT2D eigenvalue weighted by Gasteiger charge is 2.60. The summed E-state index contributed by atoms with van der Waals surface area (Å²) in [7, 11) is 0. The number of fused-ring (bicyclic) bond motifs is 10. The summed E-state index contributed by atoms with van der Waals surface area (Å²) in [6.07, 6.45) is 23.5. The zero-order valence-electron chi connectivity index (χ0n) is 30.6. The average Bonchev–Trinajstić information content (AvgIpc) is 3.55. The van der Waals surface area contributed by atoms with Crippen molar-refractivity contribution in [2.75, 3.05) is 0 Å². The van der Waals surface area contributed by atoms with Crippen molar-refractivity contribution < 1.29 is 19.1 Å². The van der Waals surface area contributed by atoms with E-state index in [9.17, 15) is 9.59 Å². The van der Waals surface area contributed by atoms with Gasteiger partial charge >= 0.3 is 11.9 Å². The van der Waals surface area contributed by atoms with Gasteiger partial charge in [0.05, 0.1) is 0 Å². The van der Waals surface area contributed by atoms with Crippen LogP contribution < -0.4 is 0 Å². The SMILES string of the molecule is CC(=O)O[C@H]1CC[C@@]2(C)C(=CC[C@@H]3[C@@H]2CC[C@]2(C)C(=NN=C4CC[C@H]5[C@@H]6CC=C7C[C@@H](OC(C)=O)CC[C@]7(C)[C@H]6CC[C@]45C)CC[C@@H]32)C1. The van der Waals surface area contributed by atoms with E-state index in [1.165, 1.54) is 62.8 Å². The first-order chi connectivity index (χ1) is 22.8. The van der Waals surface area contributed by atoms with Gasteiger partial charge < -0.3 is 9.47 Å². The van der Waals surface area contributed by atoms with E-state index in [1.807, 2.05) is 0 Å². The van der Waals surface area contributed by atoms with Crippen LogP contribution >= 0.6 is 0 Å². The molecule has 262 valence electrons. The van der Waals surface area contributed by atoms with Crippen molar-refractivity contribution in [3.05, 3.63) is 23.3 Å². The van der Waals surface area contributed by atoms with Crippen molar-refractivity contribution in [2.45, 2.75) is 156 Å². The van der Waals surface area contributed by atoms with E-state index in [4.69, 9.17) is 19.7 Å². The summed E-state index contributed by atoms with van der Waals surface area (Å²) in [6, 6.07) is 0. The minimum Gasteiger partial charge on any atom is -0.462 e. The number of ether oxygens (including phenoxy) is 2. The van der Waals surface area contributed by atoms with Gasteiger partial charge in [0, 0.05) is 48.9 Å². The number of carbonyl (C=O) groups is 2. The largest absolute Gasteiger partial charge is 0.462 e. The van der Waals surface area contributed by atoms with Gasteiger partial charge in [-0.15, -0.1) is 0 Å². The van der Waals surface area contributed by atoms with E-state index in [0.717, 1.165) is 75.0 Å². The Kier molecular flexibility index (Phi) is 8.00. The molecule has 12 atom stereocenters. The van der Waals surface area contributed by atoms with Crippen molar-refractivity contribution >= 4 is 23.4 Å². The predicted octanol–water partition coefficient (Wildman–Crippen LogP) is 9.57. The Hall–Kier alpha value is -2.24. The fraction of sp³-hybridized carbons (Fsp3) is 0.810. The van der Waals surface area contributed by atoms with Gasteiger partial charge in [0.15, 0.2) is 0 Å². The van der Waals surface area contributed by atoms with Crippen LogP contribution in [0.5, 0.6) is 0 Å². The van der Waals surface area contributed by atoms with E-state index < -0.39 is 0 Å². The van der Waals surface area contributed by atoms with Crippen LogP contribution in [0, 0.1) is 57.2 Å². The highest BCUT2D eigenvalue weighted by molar-refractivity contribution is 5.95. The van der Waals surface area contributed by atoms with Gasteiger partial charge in [0.1, 0.15) is 12.2 Å². The van der Waals surface area contributed by atoms with E-state index >= 15 is 0 Å². The maximum absolute atomic E-state index is 11.7. The lowest BCUT2D eigenvalue weighted by atomic mass is 9.48. The zero-order chi connectivity index (χ0) is 33.6. The van der Waals surface area contributed by atoms with Crippen LogP contribution in [-0.2, 0) is 19.1 Å². The highest BCUT2D eigenvalue weighted by Crippen LogP contribution is 2.66. The zero-order valence-corrected chi connectivity index (χ0v) is 30.6. The lowest BCUT2D eigenvalue weighted by Crippen LogP contribution is -2.51. The molecule has 0 unspecified atom stereocenters. The van der Waals surface area contributed by atoms with Gasteiger partial charge in [-0.25, -0.2) is 0 Å². The van der Waals surface area contributed by atoms with Crippen molar-refractivity contribution in [3.8, 4) is 0 Å². The first-order valence-corrected chi connectivity index (χ1v) is 19.7. The molecule has 8 rings (SSSR count). The summed E-state index contributed by atoms with van der Waals surface area (Å²) in [5.74, 6) is 4.01. The predicted molar refractivity (Wildman–Crippen MR) is 189 cm³/mol. The van der Waals surface area contributed by atoms with Crippen LogP contribution in [0.1, 0.15) is 144 Å². The Morgan fingerprint density at radius 3 is 1.35 bits per heavy atom. The smallest absolute Gasteiger partial charge is 0.302 e. The second-order valence-electron chi connectivity index (χ2n) is 18.6. The summed E-state index contributed by atoms with van der Waals surface area (Å²) in [4.78, 5) is 23.3. The molecule has 6 fully saturated rings. The molecule has 0 amide bonds. The van der Waals surface area contributed by atoms with Crippen LogP contribution in [0.2, 0.25) is 0 Å². The third-order valence-corrected chi connectivity index (χ3v) is 16.6. The molecule has 8 aliphatic rings. The van der Waals surface area contributed by atoms with Crippen LogP contribution in [0.25, 0.3) is 0 Å². The van der Waals surface area contributed by atoms with Crippen molar-refractivity contribution in [3.63, 3.8) is 0 Å². The lowest BCUT2D eigenvalue weighted by Gasteiger charge is -2.57. The summed E-state index contributed by atoms with van der Waals surface area (Å²) in [5, 5.41) is 10.5. The monoisotopic (exact) mass is 656 g/mol. The third kappa shape index (κ3) is 4.98. The maximum Gasteiger partial charge on any atom is 0.302 e. The van der Waals surface area contributed by atoms with Crippen LogP contribution in [-0.4, -0.2) is 35.6 Å². The van der Waals surface area contributed by atoms with Gasteiger partial charge in [-0.1, -0.05) is 51.0 Å². The van der Waals surface area contributed by atoms with Crippen molar-refractivity contribution in [2.24, 2.45) is 67.4 Å². The Balaban J connectivity index is 0.981. The molecular weight excluding hydrogens is 596 g/mol. The fourth-order valence-electron chi connectivity index (χ4n) is 14.0. The quantitative estimate of drug-likeness (QED) is 0.172. The number of hydrogen-bond acceptors (Lipinski definition) is 6. The molecule has 0 aromatic heterocycles. The second-order valence-corrected chi connectivity index (χ2v) is 18.6. The van der Waals surface area contributed by atoms with Gasteiger partial charge in [0.2, 0.25) is 0 Å². The summed E-state index contributed by atoms with van der Waals surface area (Å²) in [6.45, 7) is 13.2. The topological polar surface area (TPSA) is 77.3 Å². The number of allylic oxidation sites excluding steroid dienone is 2. The Bertz CT molecular complexity index is 1380. The third-order valence-electron chi connectivity index (χ3n) is 16.6. The molecule has 0 aromatic carbocycles. The van der Waals surface area contributed by atoms with E-state index in [-0.39, 0.29) is 45.8 Å². The second kappa shape index (κ2) is 11.7. The minimum absolute atomic E-state index is 0.0625. The summed E-state index contributed by atoms with van der Waals surface area (Å²) in [5.41, 5.74) is 6.75. The number of carbonyl (C=O) groups excluding carboxylic acids is 2. The van der Waals surface area contributed by atoms with E-state index in [0.29, 0.717) is 11.8 Å². The molecule has 6 saturated carbocycles. The van der Waals surface area contributed by atoms with Gasteiger partial charge in [-0.2, -0.15) is 10.2 Å². The normalized spacial score (nSPS) is 49.4. The Morgan fingerprint density at radius 2 is 0.958 bits per heavy atom. The molecule has 0 spiro atoms. The maximum atomic E-state index is 11.7. The number of esters is 2. The Morgan fingerprint density at radius 1 is 0.583 bits per heavy atom. The van der Waals surface area contributed by atoms with E-state index in [2.05, 4.69) is 39.8 Å². The average molecular weight is 657 g/mol. The van der Waals surface area contributed by atoms with Gasteiger partial charge in [-0.05, 0) is 136 Å². The minimum atomic E-state index is -0.141. The summed E-state index contributed by atoms with van der Waals surface area (Å²) < 4.78 is 11.3. The van der Waals surface area contributed by atoms with Crippen molar-refractivity contribution in [1.82, 2.24) is 0 Å². The number of rotatable bonds is 3. The molecule has 48 heavy (non-hydrogen) atoms. The molecule has 6 nitrogen and oxygen atoms in total. The molecule has 0 radical (unpaired) electrons. The highest BCUT2D eigenvalue weighted by atomic mass is 16.5. The molecule has 0 aromatic rings. The van der Waals surface area contributed by atoms with Crippen LogP contribution in [0.4, 0.5) is 0 Å². The first kappa shape index (κ1) is 32.9. The first-order valence-electron chi connectivity index (χ1n) is 19.7. The molecule has 0 aliphatic heterocycles. The van der Waals surface area contributed by atoms with Gasteiger partial charge in [0.25, 0.3) is 0 Å². The standard InChI is InChI=1S/C42H60N2O4/c1-25(45)47-29-15-19-39(3)27(23-29)7-9-31-33-11-13-37(41(33,5)21-17-35(31)39)43-44-38-14-12-34-32-10-8-28-24-30(48-26(2)46)16-20-40(28,4)36(32)18-22-42(34,38)6/h7-8,29-36H,9-24H2,1-6H3/t29-,30-,31-,32-,33-,34-,35-,36-,39-,40-,41-,42-/m0/s1. The molecule has 8 aliphatic carbocycles. The lowest BCUT2D eigenvalue weighted by molar-refractivity contribution is -0.149. The molecule has 0 N–H and O–H groups in total. The molecule has 0 bridgehead atoms. The molecular formula is C42H60N2O4.